The van der Waals surface area contributed by atoms with Crippen LogP contribution in [0, 0.1) is 11.3 Å². The highest BCUT2D eigenvalue weighted by atomic mass is 16.5. The Morgan fingerprint density at radius 1 is 1.41 bits per heavy atom. The summed E-state index contributed by atoms with van der Waals surface area (Å²) >= 11 is 0. The van der Waals surface area contributed by atoms with Crippen molar-refractivity contribution in [2.24, 2.45) is 0 Å². The Morgan fingerprint density at radius 2 is 2.00 bits per heavy atom. The minimum absolute atomic E-state index is 0.324. The maximum absolute atomic E-state index is 9.06. The van der Waals surface area contributed by atoms with Crippen LogP contribution in [-0.4, -0.2) is 49.3 Å². The van der Waals surface area contributed by atoms with E-state index < -0.39 is 0 Å². The van der Waals surface area contributed by atoms with Crippen LogP contribution in [0.1, 0.15) is 33.6 Å². The lowest BCUT2D eigenvalue weighted by atomic mass is 9.98. The number of ether oxygens (including phenoxy) is 1. The van der Waals surface area contributed by atoms with Gasteiger partial charge in [-0.25, -0.2) is 0 Å². The minimum atomic E-state index is -0.385. The van der Waals surface area contributed by atoms with Crippen molar-refractivity contribution in [3.05, 3.63) is 0 Å². The lowest BCUT2D eigenvalue weighted by molar-refractivity contribution is -0.0683. The van der Waals surface area contributed by atoms with Gasteiger partial charge in [-0.1, -0.05) is 0 Å². The maximum atomic E-state index is 9.06. The molecule has 0 aromatic carbocycles. The summed E-state index contributed by atoms with van der Waals surface area (Å²) in [6, 6.07) is 2.33. The van der Waals surface area contributed by atoms with Crippen molar-refractivity contribution in [1.29, 1.82) is 5.26 Å². The summed E-state index contributed by atoms with van der Waals surface area (Å²) in [7, 11) is 1.85. The molecule has 1 rings (SSSR count). The van der Waals surface area contributed by atoms with E-state index in [9.17, 15) is 0 Å². The number of hydrogen-bond donors (Lipinski definition) is 1. The third-order valence-corrected chi connectivity index (χ3v) is 3.44. The second-order valence-electron chi connectivity index (χ2n) is 5.31. The largest absolute Gasteiger partial charge is 0.373 e. The highest BCUT2D eigenvalue weighted by Crippen LogP contribution is 2.14. The smallest absolute Gasteiger partial charge is 0.103 e. The summed E-state index contributed by atoms with van der Waals surface area (Å²) in [5.41, 5.74) is -0.385. The molecule has 1 fully saturated rings. The lowest BCUT2D eigenvalue weighted by Gasteiger charge is -2.35. The van der Waals surface area contributed by atoms with Crippen LogP contribution in [-0.2, 0) is 4.74 Å². The van der Waals surface area contributed by atoms with Gasteiger partial charge in [-0.15, -0.1) is 0 Å². The van der Waals surface area contributed by atoms with Crippen LogP contribution in [0.5, 0.6) is 0 Å². The summed E-state index contributed by atoms with van der Waals surface area (Å²) in [5.74, 6) is 0. The van der Waals surface area contributed by atoms with Crippen LogP contribution in [0.25, 0.3) is 0 Å². The number of nitrogens with one attached hydrogen (secondary N) is 1. The summed E-state index contributed by atoms with van der Waals surface area (Å²) in [6.45, 7) is 9.26. The monoisotopic (exact) mass is 239 g/mol. The van der Waals surface area contributed by atoms with Gasteiger partial charge in [0.1, 0.15) is 5.54 Å². The minimum Gasteiger partial charge on any atom is -0.373 e. The molecule has 0 amide bonds. The van der Waals surface area contributed by atoms with Gasteiger partial charge in [0, 0.05) is 13.1 Å². The standard InChI is InChI=1S/C13H25N3O/c1-11-8-16(9-12(2)17-11)7-5-6-13(3,10-14)15-4/h11-12,15H,5-9H2,1-4H3/t11-,12+,13?. The summed E-state index contributed by atoms with van der Waals surface area (Å²) < 4.78 is 5.70. The summed E-state index contributed by atoms with van der Waals surface area (Å²) in [5, 5.41) is 12.1. The van der Waals surface area contributed by atoms with E-state index >= 15 is 0 Å². The number of morpholine rings is 1. The first-order valence-electron chi connectivity index (χ1n) is 6.47. The Morgan fingerprint density at radius 3 is 2.47 bits per heavy atom. The molecule has 1 aliphatic rings. The van der Waals surface area contributed by atoms with Gasteiger partial charge in [0.05, 0.1) is 18.3 Å². The van der Waals surface area contributed by atoms with Gasteiger partial charge in [-0.2, -0.15) is 5.26 Å². The molecule has 1 aliphatic heterocycles. The van der Waals surface area contributed by atoms with E-state index in [0.29, 0.717) is 12.2 Å². The average Bonchev–Trinajstić information content (AvgIpc) is 2.27. The zero-order chi connectivity index (χ0) is 12.9. The van der Waals surface area contributed by atoms with Crippen molar-refractivity contribution in [3.63, 3.8) is 0 Å². The first kappa shape index (κ1) is 14.4. The van der Waals surface area contributed by atoms with Crippen molar-refractivity contribution in [1.82, 2.24) is 10.2 Å². The summed E-state index contributed by atoms with van der Waals surface area (Å²) in [6.07, 6.45) is 2.58. The number of nitriles is 1. The van der Waals surface area contributed by atoms with Crippen molar-refractivity contribution in [2.45, 2.75) is 51.4 Å². The molecule has 0 aromatic rings. The second kappa shape index (κ2) is 6.34. The van der Waals surface area contributed by atoms with E-state index in [4.69, 9.17) is 10.00 Å². The predicted octanol–water partition coefficient (Wildman–Crippen LogP) is 1.38. The number of rotatable bonds is 5. The Hall–Kier alpha value is -0.630. The fourth-order valence-corrected chi connectivity index (χ4v) is 2.36. The molecule has 0 aliphatic carbocycles. The molecule has 3 atom stereocenters. The first-order valence-corrected chi connectivity index (χ1v) is 6.47. The molecule has 0 spiro atoms. The van der Waals surface area contributed by atoms with Crippen LogP contribution >= 0.6 is 0 Å². The SMILES string of the molecule is CNC(C)(C#N)CCCN1C[C@@H](C)O[C@@H](C)C1. The molecular weight excluding hydrogens is 214 g/mol. The van der Waals surface area contributed by atoms with Gasteiger partial charge in [-0.05, 0) is 47.2 Å². The molecule has 0 radical (unpaired) electrons. The van der Waals surface area contributed by atoms with Crippen LogP contribution in [0.2, 0.25) is 0 Å². The molecule has 0 saturated carbocycles. The molecule has 0 bridgehead atoms. The fraction of sp³-hybridized carbons (Fsp3) is 0.923. The predicted molar refractivity (Wildman–Crippen MR) is 68.8 cm³/mol. The maximum Gasteiger partial charge on any atom is 0.103 e. The molecule has 0 aromatic heterocycles. The van der Waals surface area contributed by atoms with E-state index in [2.05, 4.69) is 30.1 Å². The molecule has 1 saturated heterocycles. The van der Waals surface area contributed by atoms with Crippen molar-refractivity contribution in [2.75, 3.05) is 26.7 Å². The van der Waals surface area contributed by atoms with E-state index in [0.717, 1.165) is 32.5 Å². The second-order valence-corrected chi connectivity index (χ2v) is 5.31. The van der Waals surface area contributed by atoms with E-state index in [1.807, 2.05) is 14.0 Å². The molecule has 98 valence electrons. The van der Waals surface area contributed by atoms with Crippen molar-refractivity contribution in [3.8, 4) is 6.07 Å². The zero-order valence-corrected chi connectivity index (χ0v) is 11.5. The van der Waals surface area contributed by atoms with E-state index in [1.165, 1.54) is 0 Å². The number of hydrogen-bond acceptors (Lipinski definition) is 4. The third kappa shape index (κ3) is 4.63. The Balaban J connectivity index is 2.29. The third-order valence-electron chi connectivity index (χ3n) is 3.44. The lowest BCUT2D eigenvalue weighted by Crippen LogP contribution is -2.46. The van der Waals surface area contributed by atoms with E-state index in [1.54, 1.807) is 0 Å². The first-order chi connectivity index (χ1) is 7.99. The molecule has 1 N–H and O–H groups in total. The zero-order valence-electron chi connectivity index (χ0n) is 11.5. The number of nitrogens with zero attached hydrogens (tertiary/aromatic N) is 2. The molecule has 4 heteroatoms. The molecule has 1 unspecified atom stereocenters. The highest BCUT2D eigenvalue weighted by Gasteiger charge is 2.24. The van der Waals surface area contributed by atoms with E-state index in [-0.39, 0.29) is 5.54 Å². The van der Waals surface area contributed by atoms with Gasteiger partial charge < -0.3 is 10.1 Å². The van der Waals surface area contributed by atoms with Crippen LogP contribution in [0.15, 0.2) is 0 Å². The van der Waals surface area contributed by atoms with Crippen LogP contribution < -0.4 is 5.32 Å². The molecule has 4 nitrogen and oxygen atoms in total. The van der Waals surface area contributed by atoms with Gasteiger partial charge in [-0.3, -0.25) is 4.90 Å². The Kier molecular flexibility index (Phi) is 5.38. The Labute approximate surface area is 105 Å². The van der Waals surface area contributed by atoms with Gasteiger partial charge >= 0.3 is 0 Å². The van der Waals surface area contributed by atoms with Crippen LogP contribution in [0.4, 0.5) is 0 Å². The van der Waals surface area contributed by atoms with Crippen LogP contribution in [0.3, 0.4) is 0 Å². The molecular formula is C13H25N3O. The Bertz CT molecular complexity index is 266. The van der Waals surface area contributed by atoms with Gasteiger partial charge in [0.25, 0.3) is 0 Å². The van der Waals surface area contributed by atoms with Gasteiger partial charge in [0.2, 0.25) is 0 Å². The fourth-order valence-electron chi connectivity index (χ4n) is 2.36. The van der Waals surface area contributed by atoms with Gasteiger partial charge in [0.15, 0.2) is 0 Å². The normalized spacial score (nSPS) is 29.6. The highest BCUT2D eigenvalue weighted by molar-refractivity contribution is 5.02. The molecule has 1 heterocycles. The van der Waals surface area contributed by atoms with Crippen molar-refractivity contribution >= 4 is 0 Å². The molecule has 17 heavy (non-hydrogen) atoms. The quantitative estimate of drug-likeness (QED) is 0.787. The summed E-state index contributed by atoms with van der Waals surface area (Å²) in [4.78, 5) is 2.44. The topological polar surface area (TPSA) is 48.3 Å². The van der Waals surface area contributed by atoms with Crippen molar-refractivity contribution < 1.29 is 4.74 Å². The average molecular weight is 239 g/mol.